The van der Waals surface area contributed by atoms with E-state index in [1.54, 1.807) is 0 Å². The van der Waals surface area contributed by atoms with Gasteiger partial charge in [0.05, 0.1) is 12.5 Å². The van der Waals surface area contributed by atoms with E-state index in [2.05, 4.69) is 15.5 Å². The van der Waals surface area contributed by atoms with Gasteiger partial charge in [0.1, 0.15) is 0 Å². The van der Waals surface area contributed by atoms with Crippen LogP contribution >= 0.6 is 0 Å². The van der Waals surface area contributed by atoms with E-state index < -0.39 is 0 Å². The Morgan fingerprint density at radius 1 is 1.14 bits per heavy atom. The monoisotopic (exact) mass is 294 g/mol. The van der Waals surface area contributed by atoms with Crippen molar-refractivity contribution in [2.45, 2.75) is 25.8 Å². The summed E-state index contributed by atoms with van der Waals surface area (Å²) in [4.78, 5) is 12.4. The molecule has 2 aromatic heterocycles. The molecule has 2 heterocycles. The van der Waals surface area contributed by atoms with Crippen LogP contribution in [0.15, 0.2) is 54.7 Å². The number of nitrogens with one attached hydrogen (secondary N) is 1. The number of benzene rings is 1. The Kier molecular flexibility index (Phi) is 4.14. The number of rotatable bonds is 5. The molecule has 3 rings (SSSR count). The lowest BCUT2D eigenvalue weighted by Crippen LogP contribution is -2.29. The lowest BCUT2D eigenvalue weighted by Gasteiger charge is -2.15. The first-order chi connectivity index (χ1) is 10.8. The highest BCUT2D eigenvalue weighted by Gasteiger charge is 2.18. The van der Waals surface area contributed by atoms with Gasteiger partial charge in [0.2, 0.25) is 5.91 Å². The van der Waals surface area contributed by atoms with E-state index >= 15 is 0 Å². The summed E-state index contributed by atoms with van der Waals surface area (Å²) < 4.78 is 1.88. The van der Waals surface area contributed by atoms with Gasteiger partial charge >= 0.3 is 0 Å². The molecule has 22 heavy (non-hydrogen) atoms. The van der Waals surface area contributed by atoms with Crippen molar-refractivity contribution >= 4 is 11.6 Å². The standard InChI is InChI=1S/C17H18N4O/c1-2-14(13-8-4-3-5-9-13)17(22)18-12-16-20-19-15-10-6-7-11-21(15)16/h3-11,14H,2,12H2,1H3,(H,18,22)/t14-/m1/s1. The number of carbonyl (C=O) groups is 1. The fourth-order valence-electron chi connectivity index (χ4n) is 2.56. The molecule has 0 aliphatic rings. The van der Waals surface area contributed by atoms with Gasteiger partial charge in [-0.25, -0.2) is 0 Å². The minimum atomic E-state index is -0.139. The molecule has 0 radical (unpaired) electrons. The van der Waals surface area contributed by atoms with Crippen LogP contribution in [-0.4, -0.2) is 20.5 Å². The van der Waals surface area contributed by atoms with Crippen molar-refractivity contribution < 1.29 is 4.79 Å². The van der Waals surface area contributed by atoms with Gasteiger partial charge in [-0.15, -0.1) is 10.2 Å². The Hall–Kier alpha value is -2.69. The van der Waals surface area contributed by atoms with E-state index in [1.807, 2.05) is 66.1 Å². The smallest absolute Gasteiger partial charge is 0.227 e. The fourth-order valence-corrected chi connectivity index (χ4v) is 2.56. The molecule has 1 aromatic carbocycles. The first-order valence-corrected chi connectivity index (χ1v) is 7.41. The molecule has 1 N–H and O–H groups in total. The maximum Gasteiger partial charge on any atom is 0.227 e. The molecule has 0 aliphatic carbocycles. The van der Waals surface area contributed by atoms with Crippen molar-refractivity contribution in [3.05, 3.63) is 66.1 Å². The minimum Gasteiger partial charge on any atom is -0.348 e. The molecule has 0 saturated heterocycles. The predicted molar refractivity (Wildman–Crippen MR) is 84.3 cm³/mol. The van der Waals surface area contributed by atoms with Crippen molar-refractivity contribution in [3.63, 3.8) is 0 Å². The molecule has 0 aliphatic heterocycles. The SMILES string of the molecule is CC[C@@H](C(=O)NCc1nnc2ccccn12)c1ccccc1. The summed E-state index contributed by atoms with van der Waals surface area (Å²) in [6, 6.07) is 15.6. The van der Waals surface area contributed by atoms with Crippen LogP contribution in [-0.2, 0) is 11.3 Å². The van der Waals surface area contributed by atoms with Crippen LogP contribution < -0.4 is 5.32 Å². The molecular weight excluding hydrogens is 276 g/mol. The second kappa shape index (κ2) is 6.39. The molecular formula is C17H18N4O. The van der Waals surface area contributed by atoms with Gasteiger partial charge in [0.25, 0.3) is 0 Å². The summed E-state index contributed by atoms with van der Waals surface area (Å²) >= 11 is 0. The van der Waals surface area contributed by atoms with Gasteiger partial charge in [-0.3, -0.25) is 9.20 Å². The normalized spacial score (nSPS) is 12.2. The van der Waals surface area contributed by atoms with Crippen LogP contribution in [0.5, 0.6) is 0 Å². The molecule has 3 aromatic rings. The summed E-state index contributed by atoms with van der Waals surface area (Å²) in [5.74, 6) is 0.605. The van der Waals surface area contributed by atoms with Crippen LogP contribution in [0.3, 0.4) is 0 Å². The zero-order chi connectivity index (χ0) is 15.4. The van der Waals surface area contributed by atoms with Crippen LogP contribution in [0.2, 0.25) is 0 Å². The number of pyridine rings is 1. The van der Waals surface area contributed by atoms with Crippen LogP contribution in [0.4, 0.5) is 0 Å². The molecule has 1 atom stereocenters. The van der Waals surface area contributed by atoms with Gasteiger partial charge in [-0.2, -0.15) is 0 Å². The van der Waals surface area contributed by atoms with Crippen molar-refractivity contribution in [1.29, 1.82) is 0 Å². The van der Waals surface area contributed by atoms with Crippen LogP contribution in [0.1, 0.15) is 30.7 Å². The number of carbonyl (C=O) groups excluding carboxylic acids is 1. The Morgan fingerprint density at radius 3 is 2.68 bits per heavy atom. The second-order valence-corrected chi connectivity index (χ2v) is 5.13. The number of hydrogen-bond donors (Lipinski definition) is 1. The Balaban J connectivity index is 1.71. The Morgan fingerprint density at radius 2 is 1.91 bits per heavy atom. The molecule has 1 amide bonds. The van der Waals surface area contributed by atoms with Gasteiger partial charge in [-0.05, 0) is 24.1 Å². The van der Waals surface area contributed by atoms with E-state index in [4.69, 9.17) is 0 Å². The quantitative estimate of drug-likeness (QED) is 0.786. The summed E-state index contributed by atoms with van der Waals surface area (Å²) in [5.41, 5.74) is 1.82. The summed E-state index contributed by atoms with van der Waals surface area (Å²) in [6.07, 6.45) is 2.65. The van der Waals surface area contributed by atoms with Crippen molar-refractivity contribution in [2.24, 2.45) is 0 Å². The van der Waals surface area contributed by atoms with E-state index in [-0.39, 0.29) is 11.8 Å². The average Bonchev–Trinajstić information content (AvgIpc) is 2.98. The van der Waals surface area contributed by atoms with E-state index in [0.717, 1.165) is 23.5 Å². The third-order valence-electron chi connectivity index (χ3n) is 3.73. The third kappa shape index (κ3) is 2.83. The number of amides is 1. The zero-order valence-corrected chi connectivity index (χ0v) is 12.4. The average molecular weight is 294 g/mol. The third-order valence-corrected chi connectivity index (χ3v) is 3.73. The van der Waals surface area contributed by atoms with Gasteiger partial charge < -0.3 is 5.32 Å². The first kappa shape index (κ1) is 14.3. The second-order valence-electron chi connectivity index (χ2n) is 5.13. The van der Waals surface area contributed by atoms with Crippen molar-refractivity contribution in [3.8, 4) is 0 Å². The molecule has 0 spiro atoms. The number of nitrogens with zero attached hydrogens (tertiary/aromatic N) is 3. The number of hydrogen-bond acceptors (Lipinski definition) is 3. The highest BCUT2D eigenvalue weighted by molar-refractivity contribution is 5.83. The largest absolute Gasteiger partial charge is 0.348 e. The van der Waals surface area contributed by atoms with Gasteiger partial charge in [-0.1, -0.05) is 43.3 Å². The molecule has 0 unspecified atom stereocenters. The molecule has 112 valence electrons. The van der Waals surface area contributed by atoms with E-state index in [0.29, 0.717) is 6.54 Å². The zero-order valence-electron chi connectivity index (χ0n) is 12.4. The molecule has 0 saturated carbocycles. The number of fused-ring (bicyclic) bond motifs is 1. The summed E-state index contributed by atoms with van der Waals surface area (Å²) in [6.45, 7) is 2.39. The number of aromatic nitrogens is 3. The Bertz CT molecular complexity index is 766. The predicted octanol–water partition coefficient (Wildman–Crippen LogP) is 2.54. The lowest BCUT2D eigenvalue weighted by molar-refractivity contribution is -0.122. The topological polar surface area (TPSA) is 59.3 Å². The fraction of sp³-hybridized carbons (Fsp3) is 0.235. The molecule has 5 nitrogen and oxygen atoms in total. The van der Waals surface area contributed by atoms with Gasteiger partial charge in [0, 0.05) is 6.20 Å². The van der Waals surface area contributed by atoms with Crippen molar-refractivity contribution in [1.82, 2.24) is 19.9 Å². The Labute approximate surface area is 129 Å². The maximum atomic E-state index is 12.4. The maximum absolute atomic E-state index is 12.4. The minimum absolute atomic E-state index is 0.0152. The lowest BCUT2D eigenvalue weighted by atomic mass is 9.96. The highest BCUT2D eigenvalue weighted by Crippen LogP contribution is 2.19. The van der Waals surface area contributed by atoms with Crippen LogP contribution in [0.25, 0.3) is 5.65 Å². The molecule has 0 bridgehead atoms. The first-order valence-electron chi connectivity index (χ1n) is 7.41. The van der Waals surface area contributed by atoms with Crippen molar-refractivity contribution in [2.75, 3.05) is 0 Å². The molecule has 0 fully saturated rings. The van der Waals surface area contributed by atoms with E-state index in [1.165, 1.54) is 0 Å². The summed E-state index contributed by atoms with van der Waals surface area (Å²) in [7, 11) is 0. The molecule has 5 heteroatoms. The van der Waals surface area contributed by atoms with E-state index in [9.17, 15) is 4.79 Å². The van der Waals surface area contributed by atoms with Gasteiger partial charge in [0.15, 0.2) is 11.5 Å². The highest BCUT2D eigenvalue weighted by atomic mass is 16.1. The summed E-state index contributed by atoms with van der Waals surface area (Å²) in [5, 5.41) is 11.2. The van der Waals surface area contributed by atoms with Crippen LogP contribution in [0, 0.1) is 0 Å².